The highest BCUT2D eigenvalue weighted by Crippen LogP contribution is 2.47. The first kappa shape index (κ1) is 17.9. The Morgan fingerprint density at radius 3 is 2.69 bits per heavy atom. The molecule has 0 amide bonds. The molecule has 29 heavy (non-hydrogen) atoms. The second-order valence-electron chi connectivity index (χ2n) is 7.37. The van der Waals surface area contributed by atoms with Crippen molar-refractivity contribution in [2.45, 2.75) is 24.9 Å². The van der Waals surface area contributed by atoms with Gasteiger partial charge in [-0.25, -0.2) is 0 Å². The predicted molar refractivity (Wildman–Crippen MR) is 95.5 cm³/mol. The fourth-order valence-electron chi connectivity index (χ4n) is 3.95. The van der Waals surface area contributed by atoms with Gasteiger partial charge in [-0.15, -0.1) is 10.2 Å². The topological polar surface area (TPSA) is 77.2 Å². The number of alkyl halides is 3. The highest BCUT2D eigenvalue weighted by Gasteiger charge is 2.47. The van der Waals surface area contributed by atoms with Gasteiger partial charge in [0.2, 0.25) is 0 Å². The monoisotopic (exact) mass is 403 g/mol. The van der Waals surface area contributed by atoms with Crippen LogP contribution in [0.5, 0.6) is 5.75 Å². The van der Waals surface area contributed by atoms with Crippen LogP contribution in [0.25, 0.3) is 11.6 Å². The van der Waals surface area contributed by atoms with Gasteiger partial charge in [0, 0.05) is 18.7 Å². The van der Waals surface area contributed by atoms with E-state index in [1.165, 1.54) is 12.1 Å². The van der Waals surface area contributed by atoms with Gasteiger partial charge in [0.05, 0.1) is 17.6 Å². The summed E-state index contributed by atoms with van der Waals surface area (Å²) in [7, 11) is 0. The van der Waals surface area contributed by atoms with E-state index in [2.05, 4.69) is 20.3 Å². The largest absolute Gasteiger partial charge is 0.492 e. The van der Waals surface area contributed by atoms with Crippen molar-refractivity contribution in [1.29, 1.82) is 0 Å². The van der Waals surface area contributed by atoms with Gasteiger partial charge in [-0.05, 0) is 43.7 Å². The summed E-state index contributed by atoms with van der Waals surface area (Å²) in [5.41, 5.74) is -0.0625. The van der Waals surface area contributed by atoms with Crippen molar-refractivity contribution >= 4 is 5.82 Å². The van der Waals surface area contributed by atoms with Crippen molar-refractivity contribution in [2.24, 2.45) is 0 Å². The zero-order valence-corrected chi connectivity index (χ0v) is 15.4. The molecule has 1 atom stereocenters. The average Bonchev–Trinajstić information content (AvgIpc) is 3.41. The minimum Gasteiger partial charge on any atom is -0.492 e. The predicted octanol–water partition coefficient (Wildman–Crippen LogP) is 3.39. The van der Waals surface area contributed by atoms with Gasteiger partial charge in [0.1, 0.15) is 5.75 Å². The lowest BCUT2D eigenvalue weighted by atomic mass is 9.81. The lowest BCUT2D eigenvalue weighted by Gasteiger charge is -2.23. The molecular formula is C19H16F3N5O2. The second-order valence-corrected chi connectivity index (χ2v) is 7.37. The number of anilines is 1. The summed E-state index contributed by atoms with van der Waals surface area (Å²) >= 11 is 0. The molecule has 0 aliphatic carbocycles. The Balaban J connectivity index is 1.40. The van der Waals surface area contributed by atoms with E-state index in [9.17, 15) is 13.2 Å². The summed E-state index contributed by atoms with van der Waals surface area (Å²) in [6.45, 7) is 3.22. The summed E-state index contributed by atoms with van der Waals surface area (Å²) in [4.78, 5) is 6.13. The Hall–Kier alpha value is -3.17. The van der Waals surface area contributed by atoms with Crippen LogP contribution in [-0.2, 0) is 11.6 Å². The average molecular weight is 403 g/mol. The minimum atomic E-state index is -4.38. The van der Waals surface area contributed by atoms with E-state index < -0.39 is 17.2 Å². The number of hydrogen-bond donors (Lipinski definition) is 0. The summed E-state index contributed by atoms with van der Waals surface area (Å²) in [5, 5.41) is 12.1. The van der Waals surface area contributed by atoms with Crippen molar-refractivity contribution < 1.29 is 22.4 Å². The smallest absolute Gasteiger partial charge is 0.416 e. The highest BCUT2D eigenvalue weighted by atomic mass is 19.4. The summed E-state index contributed by atoms with van der Waals surface area (Å²) in [6.07, 6.45) is -3.71. The first-order chi connectivity index (χ1) is 13.8. The first-order valence-electron chi connectivity index (χ1n) is 9.08. The van der Waals surface area contributed by atoms with Crippen molar-refractivity contribution in [2.75, 3.05) is 24.6 Å². The first-order valence-corrected chi connectivity index (χ1v) is 9.08. The third kappa shape index (κ3) is 2.99. The SMILES string of the molecule is Cc1noc(-c2ccc(N3CCC4(COc5ccc(C(F)(F)F)cc54)C3)nn2)n1. The van der Waals surface area contributed by atoms with E-state index in [0.717, 1.165) is 6.07 Å². The van der Waals surface area contributed by atoms with Gasteiger partial charge in [0.25, 0.3) is 5.89 Å². The molecule has 5 rings (SSSR count). The maximum atomic E-state index is 13.2. The quantitative estimate of drug-likeness (QED) is 0.649. The molecule has 2 aliphatic rings. The molecule has 3 aromatic rings. The number of aromatic nitrogens is 4. The van der Waals surface area contributed by atoms with Crippen LogP contribution in [0.3, 0.4) is 0 Å². The van der Waals surface area contributed by atoms with Crippen LogP contribution in [0.2, 0.25) is 0 Å². The van der Waals surface area contributed by atoms with Crippen LogP contribution in [0, 0.1) is 6.92 Å². The van der Waals surface area contributed by atoms with E-state index in [1.807, 2.05) is 4.90 Å². The van der Waals surface area contributed by atoms with Crippen LogP contribution >= 0.6 is 0 Å². The van der Waals surface area contributed by atoms with Crippen LogP contribution in [0.4, 0.5) is 19.0 Å². The Kier molecular flexibility index (Phi) is 3.80. The van der Waals surface area contributed by atoms with Gasteiger partial charge in [-0.1, -0.05) is 5.16 Å². The number of benzene rings is 1. The minimum absolute atomic E-state index is 0.289. The second kappa shape index (κ2) is 6.16. The molecule has 0 bridgehead atoms. The summed E-state index contributed by atoms with van der Waals surface area (Å²) in [5.74, 6) is 1.96. The van der Waals surface area contributed by atoms with Crippen LogP contribution in [0.1, 0.15) is 23.4 Å². The molecule has 10 heteroatoms. The molecule has 7 nitrogen and oxygen atoms in total. The van der Waals surface area contributed by atoms with Gasteiger partial charge < -0.3 is 14.2 Å². The molecule has 150 valence electrons. The zero-order chi connectivity index (χ0) is 20.2. The van der Waals surface area contributed by atoms with Gasteiger partial charge in [-0.2, -0.15) is 18.2 Å². The van der Waals surface area contributed by atoms with Crippen LogP contribution in [0.15, 0.2) is 34.9 Å². The molecule has 0 radical (unpaired) electrons. The van der Waals surface area contributed by atoms with Crippen LogP contribution in [-0.4, -0.2) is 40.0 Å². The molecule has 2 aliphatic heterocycles. The number of halogens is 3. The Labute approximate surface area is 163 Å². The zero-order valence-electron chi connectivity index (χ0n) is 15.4. The molecule has 0 saturated carbocycles. The molecule has 1 unspecified atom stereocenters. The number of hydrogen-bond acceptors (Lipinski definition) is 7. The van der Waals surface area contributed by atoms with E-state index in [1.54, 1.807) is 19.1 Å². The fraction of sp³-hybridized carbons (Fsp3) is 0.368. The van der Waals surface area contributed by atoms with Crippen molar-refractivity contribution in [3.05, 3.63) is 47.3 Å². The Morgan fingerprint density at radius 2 is 2.00 bits per heavy atom. The number of aryl methyl sites for hydroxylation is 1. The van der Waals surface area contributed by atoms with Crippen molar-refractivity contribution in [3.63, 3.8) is 0 Å². The van der Waals surface area contributed by atoms with E-state index in [-0.39, 0.29) is 5.89 Å². The van der Waals surface area contributed by atoms with Crippen molar-refractivity contribution in [1.82, 2.24) is 20.3 Å². The molecule has 1 saturated heterocycles. The van der Waals surface area contributed by atoms with Crippen molar-refractivity contribution in [3.8, 4) is 17.3 Å². The summed E-state index contributed by atoms with van der Waals surface area (Å²) in [6, 6.07) is 7.23. The molecule has 1 fully saturated rings. The molecule has 4 heterocycles. The van der Waals surface area contributed by atoms with E-state index >= 15 is 0 Å². The van der Waals surface area contributed by atoms with Gasteiger partial charge in [-0.3, -0.25) is 0 Å². The molecule has 0 N–H and O–H groups in total. The third-order valence-corrected chi connectivity index (χ3v) is 5.46. The fourth-order valence-corrected chi connectivity index (χ4v) is 3.95. The molecule has 1 aromatic carbocycles. The Bertz CT molecular complexity index is 1070. The van der Waals surface area contributed by atoms with Gasteiger partial charge >= 0.3 is 6.18 Å². The normalized spacial score (nSPS) is 20.9. The van der Waals surface area contributed by atoms with E-state index in [0.29, 0.717) is 54.8 Å². The number of ether oxygens (including phenoxy) is 1. The summed E-state index contributed by atoms with van der Waals surface area (Å²) < 4.78 is 50.3. The lowest BCUT2D eigenvalue weighted by Crippen LogP contribution is -2.33. The van der Waals surface area contributed by atoms with Crippen LogP contribution < -0.4 is 9.64 Å². The molecule has 2 aromatic heterocycles. The number of rotatable bonds is 2. The highest BCUT2D eigenvalue weighted by molar-refractivity contribution is 5.53. The standard InChI is InChI=1S/C19H16F3N5O2/c1-11-23-17(29-26-11)14-3-5-16(25-24-14)27-7-6-18(9-27)10-28-15-4-2-12(8-13(15)18)19(20,21)22/h2-5,8H,6-7,9-10H2,1H3. The maximum absolute atomic E-state index is 13.2. The Morgan fingerprint density at radius 1 is 1.14 bits per heavy atom. The molecular weight excluding hydrogens is 387 g/mol. The number of fused-ring (bicyclic) bond motifs is 2. The van der Waals surface area contributed by atoms with Gasteiger partial charge in [0.15, 0.2) is 17.3 Å². The lowest BCUT2D eigenvalue weighted by molar-refractivity contribution is -0.137. The third-order valence-electron chi connectivity index (χ3n) is 5.46. The maximum Gasteiger partial charge on any atom is 0.416 e. The molecule has 1 spiro atoms. The number of nitrogens with zero attached hydrogens (tertiary/aromatic N) is 5. The van der Waals surface area contributed by atoms with E-state index in [4.69, 9.17) is 9.26 Å².